The van der Waals surface area contributed by atoms with Crippen molar-refractivity contribution in [3.8, 4) is 0 Å². The fraction of sp³-hybridized carbons (Fsp3) is 0.795. The molecule has 7 nitrogen and oxygen atoms in total. The smallest absolute Gasteiger partial charge is 0.306 e. The van der Waals surface area contributed by atoms with Crippen molar-refractivity contribution in [3.05, 3.63) is 36.5 Å². The minimum atomic E-state index is -0.940. The summed E-state index contributed by atoms with van der Waals surface area (Å²) >= 11 is 0. The second kappa shape index (κ2) is 33.0. The largest absolute Gasteiger partial charge is 0.462 e. The summed E-state index contributed by atoms with van der Waals surface area (Å²) in [6, 6.07) is 0. The third-order valence-electron chi connectivity index (χ3n) is 8.07. The first-order valence-corrected chi connectivity index (χ1v) is 18.6. The quantitative estimate of drug-likeness (QED) is 0.0378. The van der Waals surface area contributed by atoms with Gasteiger partial charge in [0.25, 0.3) is 0 Å². The van der Waals surface area contributed by atoms with Gasteiger partial charge in [-0.05, 0) is 57.3 Å². The van der Waals surface area contributed by atoms with E-state index in [2.05, 4.69) is 45.1 Å². The first-order valence-electron chi connectivity index (χ1n) is 18.6. The molecule has 0 heterocycles. The molecule has 0 aliphatic heterocycles. The lowest BCUT2D eigenvalue weighted by atomic mass is 10.0. The van der Waals surface area contributed by atoms with Gasteiger partial charge in [-0.15, -0.1) is 0 Å². The molecule has 7 heteroatoms. The van der Waals surface area contributed by atoms with E-state index in [0.29, 0.717) is 19.3 Å². The summed E-state index contributed by atoms with van der Waals surface area (Å²) in [7, 11) is 0. The van der Waals surface area contributed by atoms with Crippen LogP contribution in [0.15, 0.2) is 36.5 Å². The molecule has 2 unspecified atom stereocenters. The van der Waals surface area contributed by atoms with E-state index in [4.69, 9.17) is 9.47 Å². The van der Waals surface area contributed by atoms with Crippen LogP contribution in [0.2, 0.25) is 0 Å². The first kappa shape index (κ1) is 44.0. The van der Waals surface area contributed by atoms with E-state index in [1.807, 2.05) is 12.2 Å². The zero-order chi connectivity index (χ0) is 34.1. The first-order chi connectivity index (χ1) is 22.3. The molecular formula is C39H70O7. The number of unbranched alkanes of at least 4 members (excludes halogenated alkanes) is 12. The number of aliphatic hydroxyl groups excluding tert-OH is 3. The molecule has 0 saturated heterocycles. The van der Waals surface area contributed by atoms with Crippen LogP contribution in [-0.2, 0) is 19.1 Å². The summed E-state index contributed by atoms with van der Waals surface area (Å²) in [6.45, 7) is 6.17. The van der Waals surface area contributed by atoms with E-state index in [1.165, 1.54) is 70.6 Å². The lowest BCUT2D eigenvalue weighted by Crippen LogP contribution is -2.29. The van der Waals surface area contributed by atoms with E-state index >= 15 is 0 Å². The van der Waals surface area contributed by atoms with Gasteiger partial charge < -0.3 is 24.8 Å². The van der Waals surface area contributed by atoms with Crippen LogP contribution in [0, 0.1) is 5.92 Å². The number of allylic oxidation sites excluding steroid dienone is 5. The average Bonchev–Trinajstić information content (AvgIpc) is 3.03. The molecule has 3 N–H and O–H groups in total. The zero-order valence-electron chi connectivity index (χ0n) is 29.7. The van der Waals surface area contributed by atoms with Crippen LogP contribution in [0.3, 0.4) is 0 Å². The van der Waals surface area contributed by atoms with Crippen LogP contribution >= 0.6 is 0 Å². The molecule has 0 spiro atoms. The van der Waals surface area contributed by atoms with Crippen molar-refractivity contribution in [1.29, 1.82) is 0 Å². The van der Waals surface area contributed by atoms with Crippen molar-refractivity contribution in [2.24, 2.45) is 5.92 Å². The Hall–Kier alpha value is -1.96. The highest BCUT2D eigenvalue weighted by atomic mass is 16.6. The molecule has 46 heavy (non-hydrogen) atoms. The Balaban J connectivity index is 3.85. The number of rotatable bonds is 32. The van der Waals surface area contributed by atoms with Gasteiger partial charge in [-0.3, -0.25) is 9.59 Å². The van der Waals surface area contributed by atoms with E-state index in [-0.39, 0.29) is 25.4 Å². The summed E-state index contributed by atoms with van der Waals surface area (Å²) in [5.74, 6) is -0.0672. The number of aliphatic hydroxyl groups is 3. The highest BCUT2D eigenvalue weighted by molar-refractivity contribution is 5.70. The number of ether oxygens (including phenoxy) is 2. The molecule has 0 aliphatic rings. The lowest BCUT2D eigenvalue weighted by molar-refractivity contribution is -0.161. The van der Waals surface area contributed by atoms with Crippen molar-refractivity contribution >= 4 is 11.9 Å². The Bertz CT molecular complexity index is 789. The average molecular weight is 651 g/mol. The molecule has 0 aliphatic carbocycles. The van der Waals surface area contributed by atoms with Crippen molar-refractivity contribution in [3.63, 3.8) is 0 Å². The molecule has 0 aromatic carbocycles. The molecule has 0 aromatic rings. The molecule has 3 atom stereocenters. The van der Waals surface area contributed by atoms with E-state index in [1.54, 1.807) is 0 Å². The molecule has 0 rings (SSSR count). The SMILES string of the molecule is CCCCC/C=C\C/C=C\C/C=C\CC(O)C(O)CCCC(=O)O[C@@H](CO)COC(=O)CCCCCCCCCCCCC(C)C. The molecule has 0 fully saturated rings. The van der Waals surface area contributed by atoms with E-state index in [9.17, 15) is 24.9 Å². The maximum Gasteiger partial charge on any atom is 0.306 e. The number of esters is 2. The van der Waals surface area contributed by atoms with Gasteiger partial charge in [0.2, 0.25) is 0 Å². The topological polar surface area (TPSA) is 113 Å². The highest BCUT2D eigenvalue weighted by Gasteiger charge is 2.18. The predicted octanol–water partition coefficient (Wildman–Crippen LogP) is 9.08. The number of carbonyl (C=O) groups is 2. The van der Waals surface area contributed by atoms with Crippen LogP contribution in [-0.4, -0.2) is 58.8 Å². The van der Waals surface area contributed by atoms with E-state index in [0.717, 1.165) is 44.4 Å². The van der Waals surface area contributed by atoms with Crippen LogP contribution in [0.1, 0.15) is 162 Å². The van der Waals surface area contributed by atoms with Gasteiger partial charge in [0.15, 0.2) is 6.10 Å². The Morgan fingerprint density at radius 2 is 1.20 bits per heavy atom. The zero-order valence-corrected chi connectivity index (χ0v) is 29.7. The second-order valence-corrected chi connectivity index (χ2v) is 13.1. The van der Waals surface area contributed by atoms with Crippen LogP contribution in [0.5, 0.6) is 0 Å². The number of hydrogen-bond acceptors (Lipinski definition) is 7. The summed E-state index contributed by atoms with van der Waals surface area (Å²) in [6.07, 6.45) is 31.0. The van der Waals surface area contributed by atoms with Gasteiger partial charge in [0, 0.05) is 12.8 Å². The van der Waals surface area contributed by atoms with Crippen LogP contribution in [0.4, 0.5) is 0 Å². The minimum Gasteiger partial charge on any atom is -0.462 e. The van der Waals surface area contributed by atoms with Crippen molar-refractivity contribution in [2.45, 2.75) is 180 Å². The minimum absolute atomic E-state index is 0.0417. The van der Waals surface area contributed by atoms with Gasteiger partial charge in [-0.1, -0.05) is 134 Å². The summed E-state index contributed by atoms with van der Waals surface area (Å²) in [5, 5.41) is 29.9. The fourth-order valence-corrected chi connectivity index (χ4v) is 5.08. The summed E-state index contributed by atoms with van der Waals surface area (Å²) in [5.41, 5.74) is 0. The van der Waals surface area contributed by atoms with Gasteiger partial charge in [0.05, 0.1) is 18.8 Å². The number of hydrogen-bond donors (Lipinski definition) is 3. The van der Waals surface area contributed by atoms with Crippen molar-refractivity contribution < 1.29 is 34.4 Å². The fourth-order valence-electron chi connectivity index (χ4n) is 5.08. The normalized spacial score (nSPS) is 14.1. The Labute approximate surface area is 281 Å². The maximum absolute atomic E-state index is 12.2. The molecule has 0 bridgehead atoms. The standard InChI is InChI=1S/C39H70O7/c1-4-5-6-7-8-9-10-11-15-18-21-24-28-36(41)37(42)29-26-31-39(44)46-35(32-40)33-45-38(43)30-25-22-19-16-13-12-14-17-20-23-27-34(2)3/h8-9,11,15,21,24,34-37,40-42H,4-7,10,12-14,16-20,22-23,25-33H2,1-3H3/b9-8-,15-11-,24-21-/t35-,36?,37?/m0/s1. The lowest BCUT2D eigenvalue weighted by Gasteiger charge is -2.17. The number of carbonyl (C=O) groups excluding carboxylic acids is 2. The highest BCUT2D eigenvalue weighted by Crippen LogP contribution is 2.14. The van der Waals surface area contributed by atoms with Gasteiger partial charge in [-0.25, -0.2) is 0 Å². The third-order valence-corrected chi connectivity index (χ3v) is 8.07. The molecule has 268 valence electrons. The van der Waals surface area contributed by atoms with Crippen molar-refractivity contribution in [2.75, 3.05) is 13.2 Å². The second-order valence-electron chi connectivity index (χ2n) is 13.1. The van der Waals surface area contributed by atoms with Crippen LogP contribution in [0.25, 0.3) is 0 Å². The molecule has 0 saturated carbocycles. The molecule has 0 amide bonds. The Morgan fingerprint density at radius 3 is 1.80 bits per heavy atom. The maximum atomic E-state index is 12.2. The summed E-state index contributed by atoms with van der Waals surface area (Å²) in [4.78, 5) is 24.2. The van der Waals surface area contributed by atoms with Gasteiger partial charge in [-0.2, -0.15) is 0 Å². The molecule has 0 aromatic heterocycles. The van der Waals surface area contributed by atoms with Crippen LogP contribution < -0.4 is 0 Å². The molecular weight excluding hydrogens is 580 g/mol. The Morgan fingerprint density at radius 1 is 0.630 bits per heavy atom. The van der Waals surface area contributed by atoms with Crippen molar-refractivity contribution in [1.82, 2.24) is 0 Å². The monoisotopic (exact) mass is 651 g/mol. The van der Waals surface area contributed by atoms with E-state index < -0.39 is 30.9 Å². The molecule has 0 radical (unpaired) electrons. The van der Waals surface area contributed by atoms with Gasteiger partial charge in [0.1, 0.15) is 6.61 Å². The van der Waals surface area contributed by atoms with Gasteiger partial charge >= 0.3 is 11.9 Å². The Kier molecular flexibility index (Phi) is 31.6. The predicted molar refractivity (Wildman–Crippen MR) is 189 cm³/mol. The third kappa shape index (κ3) is 30.7. The summed E-state index contributed by atoms with van der Waals surface area (Å²) < 4.78 is 10.4.